The molecule has 1 spiro atoms. The minimum atomic E-state index is -0.256. The summed E-state index contributed by atoms with van der Waals surface area (Å²) < 4.78 is 6.64. The van der Waals surface area contributed by atoms with Gasteiger partial charge in [0, 0.05) is 37.1 Å². The molecule has 4 rings (SSSR count). The maximum atomic E-state index is 12.8. The van der Waals surface area contributed by atoms with E-state index in [9.17, 15) is 4.79 Å². The number of carbonyl (C=O) groups excluding carboxylic acids is 1. The summed E-state index contributed by atoms with van der Waals surface area (Å²) in [5.74, 6) is 1.09. The molecule has 1 saturated heterocycles. The molecule has 0 radical (unpaired) electrons. The van der Waals surface area contributed by atoms with Crippen molar-refractivity contribution in [1.82, 2.24) is 10.2 Å². The van der Waals surface area contributed by atoms with E-state index in [4.69, 9.17) is 4.74 Å². The van der Waals surface area contributed by atoms with Crippen molar-refractivity contribution in [2.75, 3.05) is 26.2 Å². The van der Waals surface area contributed by atoms with Gasteiger partial charge in [-0.15, -0.1) is 0 Å². The Kier molecular flexibility index (Phi) is 6.47. The Labute approximate surface area is 186 Å². The number of benzene rings is 2. The van der Waals surface area contributed by atoms with Crippen LogP contribution in [0.3, 0.4) is 0 Å². The standard InChI is InChI=1S/C27H34N2O2/c1-4-8-21-9-7-10-24-25(21)23(19-27(31-24)15-17-28-18-16-27)20-11-13-22(14-12-20)26(30)29(5-2)6-3/h7,9-14,19,28H,4-6,8,15-18H2,1-3H3. The van der Waals surface area contributed by atoms with Crippen molar-refractivity contribution in [1.29, 1.82) is 0 Å². The second kappa shape index (κ2) is 9.27. The molecule has 0 atom stereocenters. The molecule has 0 aliphatic carbocycles. The van der Waals surface area contributed by atoms with Crippen LogP contribution in [0, 0.1) is 0 Å². The van der Waals surface area contributed by atoms with Crippen LogP contribution in [0.1, 0.15) is 67.1 Å². The first-order valence-electron chi connectivity index (χ1n) is 11.8. The number of rotatable bonds is 6. The lowest BCUT2D eigenvalue weighted by Gasteiger charge is -2.40. The number of carbonyl (C=O) groups is 1. The van der Waals surface area contributed by atoms with Crippen LogP contribution in [0.2, 0.25) is 0 Å². The van der Waals surface area contributed by atoms with Crippen LogP contribution >= 0.6 is 0 Å². The predicted octanol–water partition coefficient (Wildman–Crippen LogP) is 5.07. The summed E-state index contributed by atoms with van der Waals surface area (Å²) in [4.78, 5) is 14.6. The van der Waals surface area contributed by atoms with Crippen LogP contribution in [-0.4, -0.2) is 42.6 Å². The molecule has 2 aromatic carbocycles. The van der Waals surface area contributed by atoms with Gasteiger partial charge in [-0.25, -0.2) is 0 Å². The second-order valence-corrected chi connectivity index (χ2v) is 8.57. The van der Waals surface area contributed by atoms with Crippen LogP contribution in [0.25, 0.3) is 5.57 Å². The third-order valence-corrected chi connectivity index (χ3v) is 6.57. The molecule has 4 nitrogen and oxygen atoms in total. The van der Waals surface area contributed by atoms with E-state index in [1.54, 1.807) is 0 Å². The monoisotopic (exact) mass is 418 g/mol. The largest absolute Gasteiger partial charge is 0.482 e. The molecule has 2 aliphatic heterocycles. The number of fused-ring (bicyclic) bond motifs is 1. The highest BCUT2D eigenvalue weighted by molar-refractivity contribution is 5.95. The lowest BCUT2D eigenvalue weighted by atomic mass is 9.81. The zero-order valence-corrected chi connectivity index (χ0v) is 19.0. The van der Waals surface area contributed by atoms with E-state index in [0.29, 0.717) is 0 Å². The van der Waals surface area contributed by atoms with Gasteiger partial charge in [-0.2, -0.15) is 0 Å². The van der Waals surface area contributed by atoms with E-state index >= 15 is 0 Å². The van der Waals surface area contributed by atoms with Gasteiger partial charge in [-0.3, -0.25) is 4.79 Å². The van der Waals surface area contributed by atoms with E-state index in [-0.39, 0.29) is 11.5 Å². The molecule has 2 aromatic rings. The Morgan fingerprint density at radius 3 is 2.39 bits per heavy atom. The summed E-state index contributed by atoms with van der Waals surface area (Å²) in [6.45, 7) is 9.64. The number of hydrogen-bond donors (Lipinski definition) is 1. The van der Waals surface area contributed by atoms with Crippen molar-refractivity contribution in [3.63, 3.8) is 0 Å². The SMILES string of the molecule is CCCc1cccc2c1C(c1ccc(C(=O)N(CC)CC)cc1)=CC1(CCNCC1)O2. The summed E-state index contributed by atoms with van der Waals surface area (Å²) in [5.41, 5.74) is 5.44. The second-order valence-electron chi connectivity index (χ2n) is 8.57. The van der Waals surface area contributed by atoms with Gasteiger partial charge in [0.2, 0.25) is 0 Å². The maximum Gasteiger partial charge on any atom is 0.253 e. The summed E-state index contributed by atoms with van der Waals surface area (Å²) in [6, 6.07) is 14.6. The van der Waals surface area contributed by atoms with Crippen molar-refractivity contribution < 1.29 is 9.53 Å². The number of piperidine rings is 1. The molecule has 1 N–H and O–H groups in total. The summed E-state index contributed by atoms with van der Waals surface area (Å²) in [6.07, 6.45) is 6.41. The minimum absolute atomic E-state index is 0.0967. The third-order valence-electron chi connectivity index (χ3n) is 6.57. The number of amides is 1. The van der Waals surface area contributed by atoms with Crippen LogP contribution in [0.4, 0.5) is 0 Å². The van der Waals surface area contributed by atoms with E-state index in [1.165, 1.54) is 16.7 Å². The Bertz CT molecular complexity index is 952. The molecule has 2 aliphatic rings. The average molecular weight is 419 g/mol. The van der Waals surface area contributed by atoms with E-state index in [2.05, 4.69) is 48.6 Å². The van der Waals surface area contributed by atoms with Gasteiger partial charge in [-0.05, 0) is 74.3 Å². The van der Waals surface area contributed by atoms with Gasteiger partial charge in [0.25, 0.3) is 5.91 Å². The van der Waals surface area contributed by atoms with Crippen molar-refractivity contribution >= 4 is 11.5 Å². The van der Waals surface area contributed by atoms with Gasteiger partial charge in [0.1, 0.15) is 11.4 Å². The molecule has 0 aromatic heterocycles. The van der Waals surface area contributed by atoms with E-state index < -0.39 is 0 Å². The molecule has 164 valence electrons. The highest BCUT2D eigenvalue weighted by atomic mass is 16.5. The molecule has 4 heteroatoms. The molecule has 0 unspecified atom stereocenters. The lowest BCUT2D eigenvalue weighted by molar-refractivity contribution is 0.0772. The normalized spacial score (nSPS) is 16.9. The number of nitrogens with zero attached hydrogens (tertiary/aromatic N) is 1. The highest BCUT2D eigenvalue weighted by Gasteiger charge is 2.37. The molecule has 2 heterocycles. The van der Waals surface area contributed by atoms with Crippen LogP contribution in [0.15, 0.2) is 48.5 Å². The molecule has 0 bridgehead atoms. The maximum absolute atomic E-state index is 12.8. The quantitative estimate of drug-likeness (QED) is 0.712. The molecule has 1 amide bonds. The van der Waals surface area contributed by atoms with Gasteiger partial charge in [-0.1, -0.05) is 37.6 Å². The molecular weight excluding hydrogens is 384 g/mol. The molecular formula is C27H34N2O2. The first-order chi connectivity index (χ1) is 15.1. The summed E-state index contributed by atoms with van der Waals surface area (Å²) in [7, 11) is 0. The van der Waals surface area contributed by atoms with Gasteiger partial charge >= 0.3 is 0 Å². The predicted molar refractivity (Wildman–Crippen MR) is 127 cm³/mol. The zero-order valence-electron chi connectivity index (χ0n) is 19.0. The van der Waals surface area contributed by atoms with Crippen molar-refractivity contribution in [3.05, 3.63) is 70.8 Å². The Morgan fingerprint density at radius 2 is 1.74 bits per heavy atom. The average Bonchev–Trinajstić information content (AvgIpc) is 2.80. The highest BCUT2D eigenvalue weighted by Crippen LogP contribution is 2.44. The Balaban J connectivity index is 1.77. The number of hydrogen-bond acceptors (Lipinski definition) is 3. The van der Waals surface area contributed by atoms with Gasteiger partial charge < -0.3 is 15.0 Å². The van der Waals surface area contributed by atoms with Crippen molar-refractivity contribution in [3.8, 4) is 5.75 Å². The Hall–Kier alpha value is -2.59. The van der Waals surface area contributed by atoms with Crippen molar-refractivity contribution in [2.45, 2.75) is 52.1 Å². The molecule has 0 saturated carbocycles. The van der Waals surface area contributed by atoms with Gasteiger partial charge in [0.15, 0.2) is 0 Å². The number of nitrogens with one attached hydrogen (secondary N) is 1. The smallest absolute Gasteiger partial charge is 0.253 e. The third kappa shape index (κ3) is 4.27. The number of ether oxygens (including phenoxy) is 1. The first kappa shape index (κ1) is 21.6. The lowest BCUT2D eigenvalue weighted by Crippen LogP contribution is -2.46. The fraction of sp³-hybridized carbons (Fsp3) is 0.444. The molecule has 1 fully saturated rings. The van der Waals surface area contributed by atoms with E-state index in [1.807, 2.05) is 30.9 Å². The number of aryl methyl sites for hydroxylation is 1. The topological polar surface area (TPSA) is 41.6 Å². The van der Waals surface area contributed by atoms with Crippen LogP contribution in [-0.2, 0) is 6.42 Å². The van der Waals surface area contributed by atoms with Crippen LogP contribution < -0.4 is 10.1 Å². The zero-order chi connectivity index (χ0) is 21.8. The van der Waals surface area contributed by atoms with Crippen molar-refractivity contribution in [2.24, 2.45) is 0 Å². The van der Waals surface area contributed by atoms with Crippen LogP contribution in [0.5, 0.6) is 5.75 Å². The molecule has 31 heavy (non-hydrogen) atoms. The minimum Gasteiger partial charge on any atom is -0.482 e. The fourth-order valence-corrected chi connectivity index (χ4v) is 4.84. The fourth-order valence-electron chi connectivity index (χ4n) is 4.84. The Morgan fingerprint density at radius 1 is 1.03 bits per heavy atom. The first-order valence-corrected chi connectivity index (χ1v) is 11.8. The summed E-state index contributed by atoms with van der Waals surface area (Å²) in [5, 5.41) is 3.46. The van der Waals surface area contributed by atoms with Gasteiger partial charge in [0.05, 0.1) is 0 Å². The summed E-state index contributed by atoms with van der Waals surface area (Å²) >= 11 is 0. The van der Waals surface area contributed by atoms with E-state index in [0.717, 1.165) is 68.7 Å².